The van der Waals surface area contributed by atoms with Gasteiger partial charge in [-0.2, -0.15) is 0 Å². The van der Waals surface area contributed by atoms with E-state index in [1.54, 1.807) is 30.3 Å². The highest BCUT2D eigenvalue weighted by molar-refractivity contribution is 7.92. The van der Waals surface area contributed by atoms with E-state index in [-0.39, 0.29) is 0 Å². The molecule has 0 spiro atoms. The summed E-state index contributed by atoms with van der Waals surface area (Å²) in [5.41, 5.74) is 3.38. The maximum atomic E-state index is 12.6. The molecule has 0 aliphatic rings. The molecule has 0 bridgehead atoms. The largest absolute Gasteiger partial charge is 0.316 e. The zero-order valence-corrected chi connectivity index (χ0v) is 13.3. The second-order valence-electron chi connectivity index (χ2n) is 5.05. The van der Waals surface area contributed by atoms with Gasteiger partial charge in [0.2, 0.25) is 0 Å². The fourth-order valence-electron chi connectivity index (χ4n) is 2.26. The van der Waals surface area contributed by atoms with Crippen LogP contribution in [0.1, 0.15) is 16.7 Å². The average molecular weight is 304 g/mol. The molecule has 2 rings (SSSR count). The summed E-state index contributed by atoms with van der Waals surface area (Å²) in [5.74, 6) is 0. The van der Waals surface area contributed by atoms with Crippen molar-refractivity contribution in [2.24, 2.45) is 0 Å². The Kier molecular flexibility index (Phi) is 4.65. The summed E-state index contributed by atoms with van der Waals surface area (Å²) >= 11 is 0. The smallest absolute Gasteiger partial charge is 0.262 e. The molecule has 0 saturated carbocycles. The minimum Gasteiger partial charge on any atom is -0.316 e. The van der Waals surface area contributed by atoms with E-state index >= 15 is 0 Å². The highest BCUT2D eigenvalue weighted by Crippen LogP contribution is 2.23. The molecule has 0 atom stereocenters. The molecule has 0 unspecified atom stereocenters. The van der Waals surface area contributed by atoms with E-state index < -0.39 is 10.0 Å². The van der Waals surface area contributed by atoms with E-state index in [0.29, 0.717) is 17.1 Å². The molecule has 0 fully saturated rings. The van der Waals surface area contributed by atoms with Crippen molar-refractivity contribution >= 4 is 15.7 Å². The van der Waals surface area contributed by atoms with E-state index in [1.807, 2.05) is 33.0 Å². The minimum atomic E-state index is -3.58. The first-order valence-electron chi connectivity index (χ1n) is 6.76. The van der Waals surface area contributed by atoms with E-state index in [4.69, 9.17) is 0 Å². The zero-order chi connectivity index (χ0) is 15.5. The number of sulfonamides is 1. The molecular weight excluding hydrogens is 284 g/mol. The first kappa shape index (κ1) is 15.5. The highest BCUT2D eigenvalue weighted by Gasteiger charge is 2.18. The molecule has 5 heteroatoms. The van der Waals surface area contributed by atoms with Crippen LogP contribution in [0.25, 0.3) is 0 Å². The molecule has 0 aromatic heterocycles. The fraction of sp³-hybridized carbons (Fsp3) is 0.250. The molecule has 2 aromatic rings. The van der Waals surface area contributed by atoms with Crippen LogP contribution in [0.15, 0.2) is 47.4 Å². The lowest BCUT2D eigenvalue weighted by Crippen LogP contribution is -2.16. The van der Waals surface area contributed by atoms with Gasteiger partial charge in [0, 0.05) is 12.2 Å². The monoisotopic (exact) mass is 304 g/mol. The topological polar surface area (TPSA) is 58.2 Å². The molecule has 0 aliphatic carbocycles. The summed E-state index contributed by atoms with van der Waals surface area (Å²) in [5, 5.41) is 3.06. The Morgan fingerprint density at radius 3 is 2.29 bits per heavy atom. The Bertz CT molecular complexity index is 725. The number of para-hydroxylation sites is 1. The van der Waals surface area contributed by atoms with Crippen molar-refractivity contribution in [3.05, 3.63) is 59.2 Å². The Morgan fingerprint density at radius 2 is 1.67 bits per heavy atom. The van der Waals surface area contributed by atoms with Crippen LogP contribution in [0.2, 0.25) is 0 Å². The molecule has 2 N–H and O–H groups in total. The SMILES string of the molecule is CNCc1cc(S(=O)(=O)Nc2ccccc2)c(C)cc1C. The zero-order valence-electron chi connectivity index (χ0n) is 12.5. The third-order valence-corrected chi connectivity index (χ3v) is 4.84. The third kappa shape index (κ3) is 3.62. The second kappa shape index (κ2) is 6.28. The van der Waals surface area contributed by atoms with Crippen LogP contribution in [0.4, 0.5) is 5.69 Å². The van der Waals surface area contributed by atoms with Crippen LogP contribution >= 0.6 is 0 Å². The normalized spacial score (nSPS) is 11.4. The third-order valence-electron chi connectivity index (χ3n) is 3.32. The van der Waals surface area contributed by atoms with Crippen molar-refractivity contribution < 1.29 is 8.42 Å². The standard InChI is InChI=1S/C16H20N2O2S/c1-12-9-13(2)16(10-14(12)11-17-3)21(19,20)18-15-7-5-4-6-8-15/h4-10,17-18H,11H2,1-3H3. The van der Waals surface area contributed by atoms with Gasteiger partial charge in [-0.25, -0.2) is 8.42 Å². The number of hydrogen-bond donors (Lipinski definition) is 2. The number of nitrogens with one attached hydrogen (secondary N) is 2. The molecular formula is C16H20N2O2S. The maximum Gasteiger partial charge on any atom is 0.262 e. The van der Waals surface area contributed by atoms with Crippen molar-refractivity contribution in [2.45, 2.75) is 25.3 Å². The summed E-state index contributed by atoms with van der Waals surface area (Å²) in [4.78, 5) is 0.321. The highest BCUT2D eigenvalue weighted by atomic mass is 32.2. The molecule has 0 amide bonds. The van der Waals surface area contributed by atoms with Gasteiger partial charge in [-0.15, -0.1) is 0 Å². The van der Waals surface area contributed by atoms with Crippen LogP contribution in [-0.4, -0.2) is 15.5 Å². The lowest BCUT2D eigenvalue weighted by atomic mass is 10.1. The van der Waals surface area contributed by atoms with Crippen molar-refractivity contribution in [3.63, 3.8) is 0 Å². The average Bonchev–Trinajstić information content (AvgIpc) is 2.42. The fourth-order valence-corrected chi connectivity index (χ4v) is 3.60. The lowest BCUT2D eigenvalue weighted by Gasteiger charge is -2.14. The lowest BCUT2D eigenvalue weighted by molar-refractivity contribution is 0.600. The first-order chi connectivity index (χ1) is 9.94. The number of benzene rings is 2. The minimum absolute atomic E-state index is 0.321. The maximum absolute atomic E-state index is 12.6. The first-order valence-corrected chi connectivity index (χ1v) is 8.25. The van der Waals surface area contributed by atoms with Gasteiger partial charge in [0.1, 0.15) is 0 Å². The van der Waals surface area contributed by atoms with Gasteiger partial charge >= 0.3 is 0 Å². The van der Waals surface area contributed by atoms with E-state index in [1.165, 1.54) is 0 Å². The summed E-state index contributed by atoms with van der Waals surface area (Å²) < 4.78 is 27.7. The van der Waals surface area contributed by atoms with Crippen LogP contribution in [0, 0.1) is 13.8 Å². The van der Waals surface area contributed by atoms with Gasteiger partial charge in [0.25, 0.3) is 10.0 Å². The molecule has 21 heavy (non-hydrogen) atoms. The summed E-state index contributed by atoms with van der Waals surface area (Å²) in [6.07, 6.45) is 0. The van der Waals surface area contributed by atoms with Crippen molar-refractivity contribution in [1.29, 1.82) is 0 Å². The molecule has 4 nitrogen and oxygen atoms in total. The van der Waals surface area contributed by atoms with Gasteiger partial charge in [-0.1, -0.05) is 24.3 Å². The van der Waals surface area contributed by atoms with Gasteiger partial charge in [0.15, 0.2) is 0 Å². The quantitative estimate of drug-likeness (QED) is 0.893. The van der Waals surface area contributed by atoms with Crippen molar-refractivity contribution in [3.8, 4) is 0 Å². The Labute approximate surface area is 126 Å². The Hall–Kier alpha value is -1.85. The summed E-state index contributed by atoms with van der Waals surface area (Å²) in [7, 11) is -1.74. The van der Waals surface area contributed by atoms with Crippen molar-refractivity contribution in [1.82, 2.24) is 5.32 Å². The van der Waals surface area contributed by atoms with Gasteiger partial charge in [-0.3, -0.25) is 4.72 Å². The molecule has 2 aromatic carbocycles. The molecule has 112 valence electrons. The van der Waals surface area contributed by atoms with Crippen molar-refractivity contribution in [2.75, 3.05) is 11.8 Å². The van der Waals surface area contributed by atoms with Crippen LogP contribution in [0.3, 0.4) is 0 Å². The predicted octanol–water partition coefficient (Wildman–Crippen LogP) is 2.82. The molecule has 0 heterocycles. The van der Waals surface area contributed by atoms with Crippen LogP contribution in [-0.2, 0) is 16.6 Å². The summed E-state index contributed by atoms with van der Waals surface area (Å²) in [6, 6.07) is 12.6. The van der Waals surface area contributed by atoms with Crippen LogP contribution < -0.4 is 10.0 Å². The number of rotatable bonds is 5. The van der Waals surface area contributed by atoms with E-state index in [0.717, 1.165) is 16.7 Å². The van der Waals surface area contributed by atoms with Gasteiger partial charge < -0.3 is 5.32 Å². The number of aryl methyl sites for hydroxylation is 2. The van der Waals surface area contributed by atoms with Gasteiger partial charge in [-0.05, 0) is 55.8 Å². The number of anilines is 1. The van der Waals surface area contributed by atoms with Crippen LogP contribution in [0.5, 0.6) is 0 Å². The van der Waals surface area contributed by atoms with Gasteiger partial charge in [0.05, 0.1) is 4.90 Å². The number of hydrogen-bond acceptors (Lipinski definition) is 3. The van der Waals surface area contributed by atoms with E-state index in [2.05, 4.69) is 10.0 Å². The Balaban J connectivity index is 2.42. The predicted molar refractivity (Wildman–Crippen MR) is 85.9 cm³/mol. The molecule has 0 radical (unpaired) electrons. The Morgan fingerprint density at radius 1 is 1.00 bits per heavy atom. The second-order valence-corrected chi connectivity index (χ2v) is 6.70. The summed E-state index contributed by atoms with van der Waals surface area (Å²) in [6.45, 7) is 4.44. The molecule has 0 saturated heterocycles. The van der Waals surface area contributed by atoms with E-state index in [9.17, 15) is 8.42 Å². The molecule has 0 aliphatic heterocycles.